The number of carbonyl (C=O) groups excluding carboxylic acids is 1. The third-order valence-electron chi connectivity index (χ3n) is 3.45. The Balaban J connectivity index is 1.55. The van der Waals surface area contributed by atoms with Gasteiger partial charge in [-0.25, -0.2) is 9.18 Å². The minimum atomic E-state index is -1.39. The lowest BCUT2D eigenvalue weighted by atomic mass is 10.2. The van der Waals surface area contributed by atoms with E-state index in [-0.39, 0.29) is 6.61 Å². The van der Waals surface area contributed by atoms with Gasteiger partial charge < -0.3 is 18.9 Å². The smallest absolute Gasteiger partial charge is 0.338 e. The van der Waals surface area contributed by atoms with Crippen LogP contribution < -0.4 is 0 Å². The van der Waals surface area contributed by atoms with Gasteiger partial charge in [0, 0.05) is 0 Å². The average molecular weight is 296 g/mol. The van der Waals surface area contributed by atoms with Gasteiger partial charge in [0.25, 0.3) is 0 Å². The molecule has 0 aromatic heterocycles. The Bertz CT molecular complexity index is 518. The van der Waals surface area contributed by atoms with Crippen LogP contribution in [0.2, 0.25) is 0 Å². The lowest BCUT2D eigenvalue weighted by molar-refractivity contribution is -0.214. The first-order chi connectivity index (χ1) is 9.96. The normalized spacial score (nSPS) is 33.7. The van der Waals surface area contributed by atoms with Gasteiger partial charge in [-0.15, -0.1) is 0 Å². The fourth-order valence-corrected chi connectivity index (χ4v) is 2.48. The number of esters is 1. The molecular formula is C15H17FO5. The van der Waals surface area contributed by atoms with E-state index in [4.69, 9.17) is 18.9 Å². The Kier molecular flexibility index (Phi) is 3.69. The van der Waals surface area contributed by atoms with Crippen LogP contribution in [0.4, 0.5) is 4.39 Å². The number of hydrogen-bond donors (Lipinski definition) is 0. The van der Waals surface area contributed by atoms with Crippen LogP contribution in [0.1, 0.15) is 24.2 Å². The molecule has 114 valence electrons. The highest BCUT2D eigenvalue weighted by Crippen LogP contribution is 2.38. The summed E-state index contributed by atoms with van der Waals surface area (Å²) in [5.74, 6) is -1.36. The Hall–Kier alpha value is -1.50. The summed E-state index contributed by atoms with van der Waals surface area (Å²) < 4.78 is 35.6. The fraction of sp³-hybridized carbons (Fsp3) is 0.533. The lowest BCUT2D eigenvalue weighted by Crippen LogP contribution is -2.34. The number of alkyl halides is 1. The summed E-state index contributed by atoms with van der Waals surface area (Å²) >= 11 is 0. The molecule has 2 aliphatic rings. The first-order valence-corrected chi connectivity index (χ1v) is 6.84. The molecule has 21 heavy (non-hydrogen) atoms. The molecule has 4 atom stereocenters. The molecule has 1 aromatic rings. The molecule has 4 unspecified atom stereocenters. The molecule has 1 aromatic carbocycles. The van der Waals surface area contributed by atoms with Crippen molar-refractivity contribution in [2.24, 2.45) is 0 Å². The number of benzene rings is 1. The van der Waals surface area contributed by atoms with Gasteiger partial charge >= 0.3 is 5.97 Å². The molecule has 0 bridgehead atoms. The molecule has 2 aliphatic heterocycles. The van der Waals surface area contributed by atoms with Crippen LogP contribution in [0.25, 0.3) is 0 Å². The van der Waals surface area contributed by atoms with Crippen LogP contribution in [0.5, 0.6) is 0 Å². The number of hydrogen-bond acceptors (Lipinski definition) is 5. The van der Waals surface area contributed by atoms with Crippen LogP contribution in [-0.2, 0) is 18.9 Å². The Morgan fingerprint density at radius 1 is 1.29 bits per heavy atom. The number of fused-ring (bicyclic) bond motifs is 1. The highest BCUT2D eigenvalue weighted by atomic mass is 19.1. The second-order valence-corrected chi connectivity index (χ2v) is 5.55. The van der Waals surface area contributed by atoms with Gasteiger partial charge in [0.2, 0.25) is 0 Å². The number of rotatable bonds is 3. The number of ether oxygens (including phenoxy) is 4. The van der Waals surface area contributed by atoms with Crippen molar-refractivity contribution in [2.45, 2.75) is 44.3 Å². The van der Waals surface area contributed by atoms with E-state index in [0.717, 1.165) is 0 Å². The minimum absolute atomic E-state index is 0.172. The fourth-order valence-electron chi connectivity index (χ4n) is 2.48. The van der Waals surface area contributed by atoms with E-state index in [9.17, 15) is 9.18 Å². The molecule has 2 fully saturated rings. The third-order valence-corrected chi connectivity index (χ3v) is 3.45. The van der Waals surface area contributed by atoms with E-state index in [1.807, 2.05) is 0 Å². The van der Waals surface area contributed by atoms with Crippen molar-refractivity contribution >= 4 is 5.97 Å². The van der Waals surface area contributed by atoms with Gasteiger partial charge in [-0.3, -0.25) is 0 Å². The standard InChI is InChI=1S/C15H17FO5/c1-15(2)20-12-11(16)10(19-14(12)21-15)8-18-13(17)9-6-4-3-5-7-9/h3-7,10-12,14H,8H2,1-2H3. The third kappa shape index (κ3) is 2.92. The predicted molar refractivity (Wildman–Crippen MR) is 70.3 cm³/mol. The van der Waals surface area contributed by atoms with Gasteiger partial charge in [0.1, 0.15) is 18.8 Å². The van der Waals surface area contributed by atoms with Crippen molar-refractivity contribution in [1.82, 2.24) is 0 Å². The van der Waals surface area contributed by atoms with Gasteiger partial charge in [-0.2, -0.15) is 0 Å². The van der Waals surface area contributed by atoms with E-state index < -0.39 is 36.4 Å². The van der Waals surface area contributed by atoms with Crippen LogP contribution in [0.3, 0.4) is 0 Å². The average Bonchev–Trinajstić information content (AvgIpc) is 2.91. The quantitative estimate of drug-likeness (QED) is 0.799. The maximum absolute atomic E-state index is 14.2. The van der Waals surface area contributed by atoms with Gasteiger partial charge in [0.05, 0.1) is 5.56 Å². The zero-order chi connectivity index (χ0) is 15.0. The summed E-state index contributed by atoms with van der Waals surface area (Å²) in [6.07, 6.45) is -3.79. The van der Waals surface area contributed by atoms with Gasteiger partial charge in [-0.05, 0) is 26.0 Å². The van der Waals surface area contributed by atoms with Crippen LogP contribution in [-0.4, -0.2) is 43.0 Å². The molecule has 0 aliphatic carbocycles. The topological polar surface area (TPSA) is 54.0 Å². The molecule has 6 heteroatoms. The van der Waals surface area contributed by atoms with Gasteiger partial charge in [-0.1, -0.05) is 18.2 Å². The molecule has 0 amide bonds. The molecule has 5 nitrogen and oxygen atoms in total. The predicted octanol–water partition coefficient (Wildman–Crippen LogP) is 2.06. The zero-order valence-corrected chi connectivity index (χ0v) is 11.8. The Morgan fingerprint density at radius 3 is 2.67 bits per heavy atom. The van der Waals surface area contributed by atoms with Crippen LogP contribution >= 0.6 is 0 Å². The lowest BCUT2D eigenvalue weighted by Gasteiger charge is -2.21. The second-order valence-electron chi connectivity index (χ2n) is 5.55. The van der Waals surface area contributed by atoms with E-state index in [1.54, 1.807) is 44.2 Å². The highest BCUT2D eigenvalue weighted by molar-refractivity contribution is 5.89. The largest absolute Gasteiger partial charge is 0.459 e. The second kappa shape index (κ2) is 5.36. The number of halogens is 1. The van der Waals surface area contributed by atoms with E-state index >= 15 is 0 Å². The van der Waals surface area contributed by atoms with Crippen molar-refractivity contribution < 1.29 is 28.1 Å². The summed E-state index contributed by atoms with van der Waals surface area (Å²) in [5.41, 5.74) is 0.416. The molecule has 0 N–H and O–H groups in total. The van der Waals surface area contributed by atoms with Gasteiger partial charge in [0.15, 0.2) is 18.2 Å². The van der Waals surface area contributed by atoms with Crippen LogP contribution in [0.15, 0.2) is 30.3 Å². The highest BCUT2D eigenvalue weighted by Gasteiger charge is 2.55. The first kappa shape index (κ1) is 14.4. The molecule has 2 heterocycles. The SMILES string of the molecule is CC1(C)OC2OC(COC(=O)c3ccccc3)C(F)C2O1. The summed E-state index contributed by atoms with van der Waals surface area (Å²) in [7, 11) is 0. The zero-order valence-electron chi connectivity index (χ0n) is 11.8. The van der Waals surface area contributed by atoms with Crippen molar-refractivity contribution in [1.29, 1.82) is 0 Å². The number of carbonyl (C=O) groups is 1. The Labute approximate surface area is 121 Å². The van der Waals surface area contributed by atoms with Crippen molar-refractivity contribution in [2.75, 3.05) is 6.61 Å². The first-order valence-electron chi connectivity index (χ1n) is 6.84. The molecule has 0 radical (unpaired) electrons. The summed E-state index contributed by atoms with van der Waals surface area (Å²) in [4.78, 5) is 11.8. The molecule has 0 spiro atoms. The summed E-state index contributed by atoms with van der Waals surface area (Å²) in [6, 6.07) is 8.53. The van der Waals surface area contributed by atoms with E-state index in [2.05, 4.69) is 0 Å². The summed E-state index contributed by atoms with van der Waals surface area (Å²) in [6.45, 7) is 3.23. The molecular weight excluding hydrogens is 279 g/mol. The summed E-state index contributed by atoms with van der Waals surface area (Å²) in [5, 5.41) is 0. The molecule has 2 saturated heterocycles. The monoisotopic (exact) mass is 296 g/mol. The van der Waals surface area contributed by atoms with Crippen LogP contribution in [0, 0.1) is 0 Å². The van der Waals surface area contributed by atoms with Crippen molar-refractivity contribution in [3.63, 3.8) is 0 Å². The van der Waals surface area contributed by atoms with E-state index in [1.165, 1.54) is 0 Å². The molecule has 3 rings (SSSR count). The maximum atomic E-state index is 14.2. The van der Waals surface area contributed by atoms with E-state index in [0.29, 0.717) is 5.56 Å². The van der Waals surface area contributed by atoms with Crippen molar-refractivity contribution in [3.8, 4) is 0 Å². The molecule has 0 saturated carbocycles. The Morgan fingerprint density at radius 2 is 2.00 bits per heavy atom. The van der Waals surface area contributed by atoms with Crippen molar-refractivity contribution in [3.05, 3.63) is 35.9 Å². The minimum Gasteiger partial charge on any atom is -0.459 e. The maximum Gasteiger partial charge on any atom is 0.338 e.